The van der Waals surface area contributed by atoms with Crippen molar-refractivity contribution in [3.8, 4) is 5.75 Å². The fourth-order valence-corrected chi connectivity index (χ4v) is 3.18. The number of H-pyrrole nitrogens is 1. The number of hydrogen-bond donors (Lipinski definition) is 1. The molecule has 1 aliphatic heterocycles. The lowest BCUT2D eigenvalue weighted by atomic mass is 10.1. The number of methoxy groups -OCH3 is 1. The minimum absolute atomic E-state index is 0.0506. The molecule has 126 valence electrons. The molecule has 0 saturated heterocycles. The smallest absolute Gasteiger partial charge is 0.349 e. The Hall–Kier alpha value is -3.28. The first-order chi connectivity index (χ1) is 12.0. The quantitative estimate of drug-likeness (QED) is 0.730. The Morgan fingerprint density at radius 3 is 2.80 bits per heavy atom. The number of nitrogens with zero attached hydrogens (tertiary/aromatic N) is 1. The molecule has 0 fully saturated rings. The van der Waals surface area contributed by atoms with Gasteiger partial charge in [-0.25, -0.2) is 4.79 Å². The number of rotatable bonds is 2. The van der Waals surface area contributed by atoms with E-state index in [1.165, 1.54) is 0 Å². The maximum atomic E-state index is 12.1. The summed E-state index contributed by atoms with van der Waals surface area (Å²) in [7, 11) is 3.56. The van der Waals surface area contributed by atoms with Gasteiger partial charge in [-0.15, -0.1) is 0 Å². The third-order valence-electron chi connectivity index (χ3n) is 4.35. The molecule has 4 rings (SSSR count). The average Bonchev–Trinajstić information content (AvgIpc) is 3.05. The molecule has 0 bridgehead atoms. The van der Waals surface area contributed by atoms with E-state index in [0.29, 0.717) is 17.0 Å². The predicted molar refractivity (Wildman–Crippen MR) is 94.6 cm³/mol. The van der Waals surface area contributed by atoms with Gasteiger partial charge in [0.1, 0.15) is 17.1 Å². The Kier molecular flexibility index (Phi) is 3.28. The van der Waals surface area contributed by atoms with Gasteiger partial charge in [-0.3, -0.25) is 4.79 Å². The number of cyclic esters (lactones) is 1. The molecular formula is C19H16N2O4. The van der Waals surface area contributed by atoms with Crippen LogP contribution < -0.4 is 10.3 Å². The van der Waals surface area contributed by atoms with Gasteiger partial charge in [-0.05, 0) is 37.3 Å². The summed E-state index contributed by atoms with van der Waals surface area (Å²) in [6.07, 6.45) is 3.73. The van der Waals surface area contributed by atoms with Crippen LogP contribution in [0.25, 0.3) is 22.7 Å². The number of aryl methyl sites for hydroxylation is 2. The van der Waals surface area contributed by atoms with Crippen LogP contribution in [-0.2, 0) is 11.8 Å². The number of benzene rings is 1. The van der Waals surface area contributed by atoms with E-state index in [0.717, 1.165) is 22.2 Å². The number of carbonyl (C=O) groups is 1. The van der Waals surface area contributed by atoms with Crippen molar-refractivity contribution in [2.75, 3.05) is 7.11 Å². The number of fused-ring (bicyclic) bond motifs is 2. The number of aromatic amines is 1. The molecule has 0 spiro atoms. The van der Waals surface area contributed by atoms with E-state index in [1.54, 1.807) is 26.2 Å². The number of hydrogen-bond acceptors (Lipinski definition) is 4. The zero-order chi connectivity index (χ0) is 17.7. The summed E-state index contributed by atoms with van der Waals surface area (Å²) in [5.74, 6) is 0.499. The lowest BCUT2D eigenvalue weighted by Gasteiger charge is -2.02. The van der Waals surface area contributed by atoms with Crippen LogP contribution in [0, 0.1) is 6.92 Å². The number of esters is 1. The Labute approximate surface area is 143 Å². The van der Waals surface area contributed by atoms with Crippen molar-refractivity contribution < 1.29 is 14.3 Å². The van der Waals surface area contributed by atoms with Gasteiger partial charge in [0.2, 0.25) is 0 Å². The van der Waals surface area contributed by atoms with Crippen LogP contribution in [0.2, 0.25) is 0 Å². The molecule has 25 heavy (non-hydrogen) atoms. The number of aromatic nitrogens is 2. The molecule has 1 N–H and O–H groups in total. The van der Waals surface area contributed by atoms with Gasteiger partial charge < -0.3 is 19.0 Å². The van der Waals surface area contributed by atoms with E-state index in [1.807, 2.05) is 36.0 Å². The molecule has 3 heterocycles. The minimum atomic E-state index is -0.625. The zero-order valence-corrected chi connectivity index (χ0v) is 14.0. The summed E-state index contributed by atoms with van der Waals surface area (Å²) in [5, 5.41) is 0.973. The first kappa shape index (κ1) is 15.3. The predicted octanol–water partition coefficient (Wildman–Crippen LogP) is 2.85. The molecule has 6 heteroatoms. The molecule has 1 aromatic carbocycles. The second-order valence-electron chi connectivity index (χ2n) is 6.05. The molecule has 0 saturated carbocycles. The molecule has 0 atom stereocenters. The van der Waals surface area contributed by atoms with Gasteiger partial charge in [0.05, 0.1) is 7.11 Å². The van der Waals surface area contributed by atoms with E-state index in [2.05, 4.69) is 4.98 Å². The number of nitrogens with one attached hydrogen (secondary N) is 1. The SMILES string of the molecule is COc1ccc2c(c1)c(/C=C1/OC(=O)c3c1cc(C)[nH]c3=O)cn2C. The standard InChI is InChI=1S/C19H16N2O4/c1-10-6-14-16(25-19(23)17(14)18(22)20-10)7-11-9-21(2)15-5-4-12(24-3)8-13(11)15/h4-9H,1-3H3,(H,20,22)/b16-7+. The fraction of sp³-hybridized carbons (Fsp3) is 0.158. The van der Waals surface area contributed by atoms with Crippen LogP contribution >= 0.6 is 0 Å². The van der Waals surface area contributed by atoms with Gasteiger partial charge in [-0.1, -0.05) is 0 Å². The summed E-state index contributed by atoms with van der Waals surface area (Å²) >= 11 is 0. The van der Waals surface area contributed by atoms with Crippen molar-refractivity contribution in [1.29, 1.82) is 0 Å². The summed E-state index contributed by atoms with van der Waals surface area (Å²) < 4.78 is 12.6. The van der Waals surface area contributed by atoms with Crippen LogP contribution in [0.1, 0.15) is 27.2 Å². The van der Waals surface area contributed by atoms with Gasteiger partial charge in [-0.2, -0.15) is 0 Å². The van der Waals surface area contributed by atoms with Gasteiger partial charge in [0.25, 0.3) is 5.56 Å². The number of ether oxygens (including phenoxy) is 2. The maximum Gasteiger partial charge on any atom is 0.349 e. The van der Waals surface area contributed by atoms with E-state index in [4.69, 9.17) is 9.47 Å². The molecular weight excluding hydrogens is 320 g/mol. The molecule has 0 aliphatic carbocycles. The van der Waals surface area contributed by atoms with Crippen molar-refractivity contribution in [3.05, 3.63) is 63.2 Å². The highest BCUT2D eigenvalue weighted by molar-refractivity contribution is 6.07. The maximum absolute atomic E-state index is 12.1. The molecule has 6 nitrogen and oxygen atoms in total. The van der Waals surface area contributed by atoms with Crippen molar-refractivity contribution in [3.63, 3.8) is 0 Å². The van der Waals surface area contributed by atoms with Crippen LogP contribution in [0.5, 0.6) is 5.75 Å². The van der Waals surface area contributed by atoms with Crippen molar-refractivity contribution in [1.82, 2.24) is 9.55 Å². The zero-order valence-electron chi connectivity index (χ0n) is 14.0. The Bertz CT molecular complexity index is 1120. The molecule has 0 amide bonds. The van der Waals surface area contributed by atoms with E-state index in [-0.39, 0.29) is 5.56 Å². The Balaban J connectivity index is 1.93. The van der Waals surface area contributed by atoms with Crippen LogP contribution in [0.15, 0.2) is 35.3 Å². The first-order valence-electron chi connectivity index (χ1n) is 7.79. The minimum Gasteiger partial charge on any atom is -0.497 e. The van der Waals surface area contributed by atoms with Crippen LogP contribution in [-0.4, -0.2) is 22.6 Å². The van der Waals surface area contributed by atoms with Gasteiger partial charge in [0.15, 0.2) is 0 Å². The lowest BCUT2D eigenvalue weighted by molar-refractivity contribution is 0.0715. The second-order valence-corrected chi connectivity index (χ2v) is 6.05. The lowest BCUT2D eigenvalue weighted by Crippen LogP contribution is -2.16. The summed E-state index contributed by atoms with van der Waals surface area (Å²) in [6, 6.07) is 7.55. The van der Waals surface area contributed by atoms with E-state index < -0.39 is 11.5 Å². The summed E-state index contributed by atoms with van der Waals surface area (Å²) in [5.41, 5.74) is 2.72. The van der Waals surface area contributed by atoms with Crippen molar-refractivity contribution >= 4 is 28.7 Å². The molecule has 3 aromatic rings. The molecule has 0 unspecified atom stereocenters. The van der Waals surface area contributed by atoms with Gasteiger partial charge in [0, 0.05) is 41.0 Å². The monoisotopic (exact) mass is 336 g/mol. The first-order valence-corrected chi connectivity index (χ1v) is 7.79. The molecule has 1 aliphatic rings. The summed E-state index contributed by atoms with van der Waals surface area (Å²) in [4.78, 5) is 26.7. The largest absolute Gasteiger partial charge is 0.497 e. The Morgan fingerprint density at radius 1 is 1.24 bits per heavy atom. The number of carbonyl (C=O) groups excluding carboxylic acids is 1. The van der Waals surface area contributed by atoms with Crippen LogP contribution in [0.3, 0.4) is 0 Å². The second kappa shape index (κ2) is 5.37. The highest BCUT2D eigenvalue weighted by Gasteiger charge is 2.30. The van der Waals surface area contributed by atoms with Crippen LogP contribution in [0.4, 0.5) is 0 Å². The van der Waals surface area contributed by atoms with Crippen molar-refractivity contribution in [2.24, 2.45) is 7.05 Å². The topological polar surface area (TPSA) is 73.3 Å². The third kappa shape index (κ3) is 2.34. The number of pyridine rings is 1. The highest BCUT2D eigenvalue weighted by atomic mass is 16.5. The fourth-order valence-electron chi connectivity index (χ4n) is 3.18. The van der Waals surface area contributed by atoms with E-state index >= 15 is 0 Å². The summed E-state index contributed by atoms with van der Waals surface area (Å²) in [6.45, 7) is 1.77. The van der Waals surface area contributed by atoms with Crippen molar-refractivity contribution in [2.45, 2.75) is 6.92 Å². The third-order valence-corrected chi connectivity index (χ3v) is 4.35. The molecule has 2 aromatic heterocycles. The Morgan fingerprint density at radius 2 is 2.04 bits per heavy atom. The van der Waals surface area contributed by atoms with Gasteiger partial charge >= 0.3 is 5.97 Å². The highest BCUT2D eigenvalue weighted by Crippen LogP contribution is 2.33. The van der Waals surface area contributed by atoms with E-state index in [9.17, 15) is 9.59 Å². The molecule has 0 radical (unpaired) electrons. The average molecular weight is 336 g/mol. The normalized spacial score (nSPS) is 14.8.